The number of methoxy groups -OCH3 is 1. The number of benzene rings is 1. The van der Waals surface area contributed by atoms with Gasteiger partial charge in [-0.3, -0.25) is 0 Å². The van der Waals surface area contributed by atoms with Gasteiger partial charge >= 0.3 is 0 Å². The molecular formula is C18H20N4O. The molecule has 0 atom stereocenters. The van der Waals surface area contributed by atoms with E-state index in [9.17, 15) is 0 Å². The van der Waals surface area contributed by atoms with Gasteiger partial charge in [0, 0.05) is 44.1 Å². The van der Waals surface area contributed by atoms with E-state index in [0.29, 0.717) is 0 Å². The van der Waals surface area contributed by atoms with E-state index in [-0.39, 0.29) is 0 Å². The van der Waals surface area contributed by atoms with Crippen LogP contribution in [0.2, 0.25) is 0 Å². The van der Waals surface area contributed by atoms with E-state index in [2.05, 4.69) is 45.2 Å². The molecule has 1 N–H and O–H groups in total. The number of fused-ring (bicyclic) bond motifs is 1. The van der Waals surface area contributed by atoms with E-state index < -0.39 is 0 Å². The zero-order chi connectivity index (χ0) is 15.6. The van der Waals surface area contributed by atoms with Crippen LogP contribution in [0.4, 0.5) is 5.69 Å². The van der Waals surface area contributed by atoms with Crippen LogP contribution in [0.3, 0.4) is 0 Å². The van der Waals surface area contributed by atoms with Gasteiger partial charge in [0.2, 0.25) is 0 Å². The van der Waals surface area contributed by atoms with Crippen LogP contribution in [0.15, 0.2) is 48.8 Å². The Hall–Kier alpha value is -2.53. The number of rotatable bonds is 3. The van der Waals surface area contributed by atoms with E-state index in [1.807, 2.05) is 18.2 Å². The molecule has 3 aromatic rings. The number of ether oxygens (including phenoxy) is 1. The van der Waals surface area contributed by atoms with Crippen molar-refractivity contribution in [3.05, 3.63) is 48.8 Å². The van der Waals surface area contributed by atoms with E-state index in [4.69, 9.17) is 9.72 Å². The molecule has 3 heterocycles. The summed E-state index contributed by atoms with van der Waals surface area (Å²) in [5, 5.41) is 3.39. The van der Waals surface area contributed by atoms with Crippen LogP contribution in [0, 0.1) is 0 Å². The van der Waals surface area contributed by atoms with Crippen molar-refractivity contribution >= 4 is 11.3 Å². The molecule has 0 saturated carbocycles. The van der Waals surface area contributed by atoms with E-state index in [1.165, 1.54) is 5.69 Å². The Kier molecular flexibility index (Phi) is 3.63. The average Bonchev–Trinajstić information content (AvgIpc) is 3.06. The molecule has 1 aliphatic heterocycles. The van der Waals surface area contributed by atoms with Crippen LogP contribution < -0.4 is 15.0 Å². The first-order valence-electron chi connectivity index (χ1n) is 7.92. The highest BCUT2D eigenvalue weighted by Gasteiger charge is 2.12. The first-order valence-corrected chi connectivity index (χ1v) is 7.92. The van der Waals surface area contributed by atoms with Gasteiger partial charge in [-0.15, -0.1) is 0 Å². The minimum atomic E-state index is 0.848. The highest BCUT2D eigenvalue weighted by atomic mass is 16.5. The van der Waals surface area contributed by atoms with Gasteiger partial charge in [0.25, 0.3) is 0 Å². The predicted molar refractivity (Wildman–Crippen MR) is 92.3 cm³/mol. The van der Waals surface area contributed by atoms with Gasteiger partial charge in [0.05, 0.1) is 18.5 Å². The van der Waals surface area contributed by atoms with Crippen molar-refractivity contribution in [3.8, 4) is 17.0 Å². The number of piperazine rings is 1. The van der Waals surface area contributed by atoms with Crippen LogP contribution in [0.25, 0.3) is 16.9 Å². The Balaban J connectivity index is 1.69. The van der Waals surface area contributed by atoms with Crippen molar-refractivity contribution in [1.29, 1.82) is 0 Å². The van der Waals surface area contributed by atoms with E-state index in [1.54, 1.807) is 7.11 Å². The summed E-state index contributed by atoms with van der Waals surface area (Å²) < 4.78 is 7.41. The average molecular weight is 308 g/mol. The fourth-order valence-electron chi connectivity index (χ4n) is 3.01. The molecule has 1 saturated heterocycles. The maximum atomic E-state index is 5.30. The quantitative estimate of drug-likeness (QED) is 0.807. The predicted octanol–water partition coefficient (Wildman–Crippen LogP) is 2.42. The lowest BCUT2D eigenvalue weighted by Gasteiger charge is -2.29. The molecule has 0 amide bonds. The molecule has 0 radical (unpaired) electrons. The molecule has 0 unspecified atom stereocenters. The SMILES string of the molecule is COc1cccc(-c2cn3cc(N4CCNCC4)ccc3n2)c1. The second-order valence-corrected chi connectivity index (χ2v) is 5.75. The molecule has 1 fully saturated rings. The van der Waals surface area contributed by atoms with Gasteiger partial charge in [-0.05, 0) is 24.3 Å². The first kappa shape index (κ1) is 14.1. The number of imidazole rings is 1. The van der Waals surface area contributed by atoms with Gasteiger partial charge in [0.15, 0.2) is 0 Å². The van der Waals surface area contributed by atoms with Crippen LogP contribution in [0.1, 0.15) is 0 Å². The summed E-state index contributed by atoms with van der Waals surface area (Å²) in [4.78, 5) is 7.13. The normalized spacial score (nSPS) is 15.1. The number of anilines is 1. The monoisotopic (exact) mass is 308 g/mol. The summed E-state index contributed by atoms with van der Waals surface area (Å²) in [6.07, 6.45) is 4.24. The van der Waals surface area contributed by atoms with Crippen molar-refractivity contribution in [2.75, 3.05) is 38.2 Å². The third-order valence-electron chi connectivity index (χ3n) is 4.28. The lowest BCUT2D eigenvalue weighted by atomic mass is 10.1. The molecular weight excluding hydrogens is 288 g/mol. The fourth-order valence-corrected chi connectivity index (χ4v) is 3.01. The standard InChI is InChI=1S/C18H20N4O/c1-23-16-4-2-3-14(11-16)17-13-22-12-15(5-6-18(22)20-17)21-9-7-19-8-10-21/h2-6,11-13,19H,7-10H2,1H3. The summed E-state index contributed by atoms with van der Waals surface area (Å²) in [5.74, 6) is 0.848. The lowest BCUT2D eigenvalue weighted by molar-refractivity contribution is 0.415. The van der Waals surface area contributed by atoms with Gasteiger partial charge < -0.3 is 19.4 Å². The minimum absolute atomic E-state index is 0.848. The second-order valence-electron chi connectivity index (χ2n) is 5.75. The van der Waals surface area contributed by atoms with Crippen LogP contribution >= 0.6 is 0 Å². The highest BCUT2D eigenvalue weighted by molar-refractivity contribution is 5.65. The summed E-state index contributed by atoms with van der Waals surface area (Å²) in [6, 6.07) is 12.2. The highest BCUT2D eigenvalue weighted by Crippen LogP contribution is 2.25. The number of hydrogen-bond acceptors (Lipinski definition) is 4. The molecule has 1 aromatic carbocycles. The maximum absolute atomic E-state index is 5.30. The Morgan fingerprint density at radius 1 is 1.09 bits per heavy atom. The molecule has 5 heteroatoms. The summed E-state index contributed by atoms with van der Waals surface area (Å²) in [6.45, 7) is 4.17. The molecule has 1 aliphatic rings. The number of nitrogens with zero attached hydrogens (tertiary/aromatic N) is 3. The third kappa shape index (κ3) is 2.75. The Bertz CT molecular complexity index is 821. The number of aromatic nitrogens is 2. The maximum Gasteiger partial charge on any atom is 0.137 e. The summed E-state index contributed by atoms with van der Waals surface area (Å²) in [5.41, 5.74) is 4.23. The molecule has 4 rings (SSSR count). The van der Waals surface area contributed by atoms with E-state index in [0.717, 1.165) is 48.8 Å². The number of nitrogens with one attached hydrogen (secondary N) is 1. The van der Waals surface area contributed by atoms with Crippen LogP contribution in [-0.2, 0) is 0 Å². The molecule has 0 bridgehead atoms. The second kappa shape index (κ2) is 5.93. The summed E-state index contributed by atoms with van der Waals surface area (Å²) >= 11 is 0. The molecule has 118 valence electrons. The fraction of sp³-hybridized carbons (Fsp3) is 0.278. The van der Waals surface area contributed by atoms with E-state index >= 15 is 0 Å². The Labute approximate surface area is 135 Å². The van der Waals surface area contributed by atoms with Crippen molar-refractivity contribution in [2.45, 2.75) is 0 Å². The number of pyridine rings is 1. The zero-order valence-electron chi connectivity index (χ0n) is 13.2. The molecule has 5 nitrogen and oxygen atoms in total. The van der Waals surface area contributed by atoms with Crippen molar-refractivity contribution in [1.82, 2.24) is 14.7 Å². The molecule has 0 spiro atoms. The molecule has 0 aliphatic carbocycles. The van der Waals surface area contributed by atoms with Gasteiger partial charge in [-0.1, -0.05) is 12.1 Å². The third-order valence-corrected chi connectivity index (χ3v) is 4.28. The largest absolute Gasteiger partial charge is 0.497 e. The van der Waals surface area contributed by atoms with Crippen LogP contribution in [0.5, 0.6) is 5.75 Å². The van der Waals surface area contributed by atoms with Crippen molar-refractivity contribution in [3.63, 3.8) is 0 Å². The van der Waals surface area contributed by atoms with Gasteiger partial charge in [0.1, 0.15) is 11.4 Å². The minimum Gasteiger partial charge on any atom is -0.497 e. The first-order chi connectivity index (χ1) is 11.3. The van der Waals surface area contributed by atoms with Crippen molar-refractivity contribution in [2.24, 2.45) is 0 Å². The van der Waals surface area contributed by atoms with Crippen molar-refractivity contribution < 1.29 is 4.74 Å². The number of hydrogen-bond donors (Lipinski definition) is 1. The Morgan fingerprint density at radius 3 is 2.78 bits per heavy atom. The molecule has 23 heavy (non-hydrogen) atoms. The van der Waals surface area contributed by atoms with Gasteiger partial charge in [-0.25, -0.2) is 4.98 Å². The zero-order valence-corrected chi connectivity index (χ0v) is 13.2. The lowest BCUT2D eigenvalue weighted by Crippen LogP contribution is -2.43. The topological polar surface area (TPSA) is 41.8 Å². The van der Waals surface area contributed by atoms with Gasteiger partial charge in [-0.2, -0.15) is 0 Å². The summed E-state index contributed by atoms with van der Waals surface area (Å²) in [7, 11) is 1.68. The van der Waals surface area contributed by atoms with Crippen LogP contribution in [-0.4, -0.2) is 42.7 Å². The molecule has 2 aromatic heterocycles. The Morgan fingerprint density at radius 2 is 1.96 bits per heavy atom. The smallest absolute Gasteiger partial charge is 0.137 e.